The van der Waals surface area contributed by atoms with Crippen molar-refractivity contribution < 1.29 is 9.59 Å². The van der Waals surface area contributed by atoms with E-state index in [4.69, 9.17) is 0 Å². The normalized spacial score (nSPS) is 32.0. The van der Waals surface area contributed by atoms with Crippen LogP contribution in [0, 0.1) is 5.92 Å². The van der Waals surface area contributed by atoms with Crippen molar-refractivity contribution in [2.75, 3.05) is 26.2 Å². The van der Waals surface area contributed by atoms with E-state index in [1.54, 1.807) is 6.92 Å². The van der Waals surface area contributed by atoms with Crippen LogP contribution in [-0.4, -0.2) is 59.9 Å². The Hall–Kier alpha value is -0.810. The highest BCUT2D eigenvalue weighted by molar-refractivity contribution is 5.85. The first-order chi connectivity index (χ1) is 10.1. The zero-order chi connectivity index (χ0) is 14.8. The molecule has 1 saturated carbocycles. The molecule has 5 nitrogen and oxygen atoms in total. The molecule has 0 radical (unpaired) electrons. The maximum atomic E-state index is 12.7. The molecule has 0 bridgehead atoms. The zero-order valence-corrected chi connectivity index (χ0v) is 14.2. The summed E-state index contributed by atoms with van der Waals surface area (Å²) in [6.07, 6.45) is 7.03. The van der Waals surface area contributed by atoms with Crippen molar-refractivity contribution in [1.82, 2.24) is 15.1 Å². The molecule has 6 heteroatoms. The Morgan fingerprint density at radius 2 is 1.64 bits per heavy atom. The van der Waals surface area contributed by atoms with Gasteiger partial charge in [0.2, 0.25) is 11.8 Å². The number of halogens is 1. The van der Waals surface area contributed by atoms with Crippen LogP contribution in [0.1, 0.15) is 45.4 Å². The Balaban J connectivity index is 0.00000176. The summed E-state index contributed by atoms with van der Waals surface area (Å²) in [7, 11) is 0. The molecule has 3 fully saturated rings. The summed E-state index contributed by atoms with van der Waals surface area (Å²) < 4.78 is 0. The van der Waals surface area contributed by atoms with Crippen LogP contribution in [0.2, 0.25) is 0 Å². The third-order valence-corrected chi connectivity index (χ3v) is 5.41. The van der Waals surface area contributed by atoms with Gasteiger partial charge in [-0.15, -0.1) is 12.4 Å². The van der Waals surface area contributed by atoms with Gasteiger partial charge >= 0.3 is 0 Å². The Labute approximate surface area is 139 Å². The van der Waals surface area contributed by atoms with Gasteiger partial charge in [0.1, 0.15) is 0 Å². The van der Waals surface area contributed by atoms with Crippen LogP contribution in [0.15, 0.2) is 0 Å². The Bertz CT molecular complexity index is 404. The zero-order valence-electron chi connectivity index (χ0n) is 13.4. The van der Waals surface area contributed by atoms with Gasteiger partial charge in [-0.25, -0.2) is 0 Å². The number of hydrogen-bond donors (Lipinski definition) is 1. The molecule has 2 aliphatic heterocycles. The van der Waals surface area contributed by atoms with Crippen molar-refractivity contribution in [2.45, 2.75) is 57.5 Å². The van der Waals surface area contributed by atoms with E-state index >= 15 is 0 Å². The number of hydrogen-bond acceptors (Lipinski definition) is 3. The van der Waals surface area contributed by atoms with E-state index in [0.29, 0.717) is 25.0 Å². The van der Waals surface area contributed by atoms with E-state index in [1.165, 1.54) is 25.7 Å². The standard InChI is InChI=1S/C16H27N3O2.ClH/c1-12(20)18-7-4-8-19(10-9-18)16(21)15-11-13-5-2-3-6-14(13)17-15;/h13-15,17H,2-11H2,1H3;1H. The second-order valence-electron chi connectivity index (χ2n) is 6.79. The molecule has 0 aromatic heterocycles. The second-order valence-corrected chi connectivity index (χ2v) is 6.79. The smallest absolute Gasteiger partial charge is 0.239 e. The number of nitrogens with one attached hydrogen (secondary N) is 1. The lowest BCUT2D eigenvalue weighted by Crippen LogP contribution is -2.46. The van der Waals surface area contributed by atoms with Gasteiger partial charge in [-0.1, -0.05) is 12.8 Å². The molecule has 3 rings (SSSR count). The molecule has 3 atom stereocenters. The summed E-state index contributed by atoms with van der Waals surface area (Å²) in [6.45, 7) is 4.55. The van der Waals surface area contributed by atoms with Gasteiger partial charge in [-0.3, -0.25) is 9.59 Å². The average molecular weight is 330 g/mol. The van der Waals surface area contributed by atoms with Crippen molar-refractivity contribution in [3.8, 4) is 0 Å². The molecule has 3 unspecified atom stereocenters. The van der Waals surface area contributed by atoms with Crippen molar-refractivity contribution >= 4 is 24.2 Å². The highest BCUT2D eigenvalue weighted by Gasteiger charge is 2.39. The minimum atomic E-state index is 0. The van der Waals surface area contributed by atoms with Gasteiger partial charge in [0.05, 0.1) is 6.04 Å². The lowest BCUT2D eigenvalue weighted by Gasteiger charge is -2.25. The molecule has 2 heterocycles. The van der Waals surface area contributed by atoms with Crippen LogP contribution < -0.4 is 5.32 Å². The van der Waals surface area contributed by atoms with Crippen LogP contribution in [0.3, 0.4) is 0 Å². The minimum Gasteiger partial charge on any atom is -0.341 e. The summed E-state index contributed by atoms with van der Waals surface area (Å²) >= 11 is 0. The largest absolute Gasteiger partial charge is 0.341 e. The molecule has 1 aliphatic carbocycles. The SMILES string of the molecule is CC(=O)N1CCCN(C(=O)C2CC3CCCCC3N2)CC1.Cl. The third kappa shape index (κ3) is 3.74. The van der Waals surface area contributed by atoms with Crippen molar-refractivity contribution in [3.05, 3.63) is 0 Å². The molecule has 126 valence electrons. The van der Waals surface area contributed by atoms with Gasteiger partial charge in [-0.05, 0) is 31.6 Å². The summed E-state index contributed by atoms with van der Waals surface area (Å²) in [5, 5.41) is 3.57. The Morgan fingerprint density at radius 3 is 2.36 bits per heavy atom. The van der Waals surface area contributed by atoms with Gasteiger partial charge in [0, 0.05) is 39.1 Å². The van der Waals surface area contributed by atoms with Crippen molar-refractivity contribution in [3.63, 3.8) is 0 Å². The fraction of sp³-hybridized carbons (Fsp3) is 0.875. The number of carbonyl (C=O) groups is 2. The van der Waals surface area contributed by atoms with E-state index < -0.39 is 0 Å². The van der Waals surface area contributed by atoms with E-state index in [1.807, 2.05) is 9.80 Å². The fourth-order valence-corrected chi connectivity index (χ4v) is 4.18. The predicted octanol–water partition coefficient (Wildman–Crippen LogP) is 1.41. The molecular weight excluding hydrogens is 302 g/mol. The summed E-state index contributed by atoms with van der Waals surface area (Å²) in [6, 6.07) is 0.579. The molecule has 0 aromatic carbocycles. The van der Waals surface area contributed by atoms with Crippen LogP contribution in [0.5, 0.6) is 0 Å². The van der Waals surface area contributed by atoms with Crippen LogP contribution >= 0.6 is 12.4 Å². The van der Waals surface area contributed by atoms with Gasteiger partial charge in [-0.2, -0.15) is 0 Å². The van der Waals surface area contributed by atoms with Gasteiger partial charge in [0.15, 0.2) is 0 Å². The lowest BCUT2D eigenvalue weighted by atomic mass is 9.85. The summed E-state index contributed by atoms with van der Waals surface area (Å²) in [5.41, 5.74) is 0. The summed E-state index contributed by atoms with van der Waals surface area (Å²) in [4.78, 5) is 28.0. The van der Waals surface area contributed by atoms with E-state index in [0.717, 1.165) is 25.9 Å². The first-order valence-corrected chi connectivity index (χ1v) is 8.45. The molecule has 2 saturated heterocycles. The fourth-order valence-electron chi connectivity index (χ4n) is 4.18. The average Bonchev–Trinajstić information content (AvgIpc) is 2.75. The lowest BCUT2D eigenvalue weighted by molar-refractivity contribution is -0.134. The van der Waals surface area contributed by atoms with E-state index in [2.05, 4.69) is 5.32 Å². The Kier molecular flexibility index (Phi) is 6.09. The van der Waals surface area contributed by atoms with Crippen LogP contribution in [-0.2, 0) is 9.59 Å². The quantitative estimate of drug-likeness (QED) is 0.791. The molecular formula is C16H28ClN3O2. The number of carbonyl (C=O) groups excluding carboxylic acids is 2. The Morgan fingerprint density at radius 1 is 0.955 bits per heavy atom. The number of amides is 2. The molecule has 0 spiro atoms. The monoisotopic (exact) mass is 329 g/mol. The second kappa shape index (κ2) is 7.64. The van der Waals surface area contributed by atoms with Crippen molar-refractivity contribution in [2.24, 2.45) is 5.92 Å². The maximum Gasteiger partial charge on any atom is 0.239 e. The molecule has 22 heavy (non-hydrogen) atoms. The van der Waals surface area contributed by atoms with Crippen LogP contribution in [0.4, 0.5) is 0 Å². The highest BCUT2D eigenvalue weighted by Crippen LogP contribution is 2.33. The number of nitrogens with zero attached hydrogens (tertiary/aromatic N) is 2. The number of fused-ring (bicyclic) bond motifs is 1. The van der Waals surface area contributed by atoms with Crippen LogP contribution in [0.25, 0.3) is 0 Å². The minimum absolute atomic E-state index is 0. The topological polar surface area (TPSA) is 52.7 Å². The van der Waals surface area contributed by atoms with Crippen molar-refractivity contribution in [1.29, 1.82) is 0 Å². The summed E-state index contributed by atoms with van der Waals surface area (Å²) in [5.74, 6) is 1.08. The highest BCUT2D eigenvalue weighted by atomic mass is 35.5. The third-order valence-electron chi connectivity index (χ3n) is 5.41. The van der Waals surface area contributed by atoms with E-state index in [9.17, 15) is 9.59 Å². The molecule has 3 aliphatic rings. The first kappa shape index (κ1) is 17.5. The molecule has 1 N–H and O–H groups in total. The van der Waals surface area contributed by atoms with Gasteiger partial charge in [0.25, 0.3) is 0 Å². The number of rotatable bonds is 1. The predicted molar refractivity (Wildman–Crippen MR) is 88.0 cm³/mol. The molecule has 2 amide bonds. The van der Waals surface area contributed by atoms with Gasteiger partial charge < -0.3 is 15.1 Å². The first-order valence-electron chi connectivity index (χ1n) is 8.45. The van der Waals surface area contributed by atoms with E-state index in [-0.39, 0.29) is 30.3 Å². The molecule has 0 aromatic rings. The maximum absolute atomic E-state index is 12.7.